The molecule has 1 atom stereocenters. The summed E-state index contributed by atoms with van der Waals surface area (Å²) in [4.78, 5) is 13.9. The molecule has 0 N–H and O–H groups in total. The fraction of sp³-hybridized carbons (Fsp3) is 0.462. The molecule has 0 fully saturated rings. The van der Waals surface area contributed by atoms with Crippen LogP contribution in [0.25, 0.3) is 0 Å². The highest BCUT2D eigenvalue weighted by molar-refractivity contribution is 14.1. The first kappa shape index (κ1) is 14.4. The van der Waals surface area contributed by atoms with Gasteiger partial charge in [0.1, 0.15) is 6.61 Å². The number of rotatable bonds is 5. The summed E-state index contributed by atoms with van der Waals surface area (Å²) in [6, 6.07) is 9.70. The summed E-state index contributed by atoms with van der Waals surface area (Å²) >= 11 is 2.12. The van der Waals surface area contributed by atoms with Crippen LogP contribution in [-0.2, 0) is 16.1 Å². The minimum absolute atomic E-state index is 0.202. The predicted octanol–water partition coefficient (Wildman–Crippen LogP) is 2.83. The van der Waals surface area contributed by atoms with Gasteiger partial charge >= 0.3 is 5.97 Å². The quantitative estimate of drug-likeness (QED) is 0.355. The van der Waals surface area contributed by atoms with Crippen LogP contribution in [0.2, 0.25) is 0 Å². The summed E-state index contributed by atoms with van der Waals surface area (Å²) < 4.78 is 4.72. The maximum absolute atomic E-state index is 12.0. The van der Waals surface area contributed by atoms with E-state index in [0.29, 0.717) is 6.61 Å². The van der Waals surface area contributed by atoms with Crippen LogP contribution in [0.3, 0.4) is 0 Å². The van der Waals surface area contributed by atoms with Crippen molar-refractivity contribution in [3.63, 3.8) is 0 Å². The zero-order valence-electron chi connectivity index (χ0n) is 10.4. The minimum atomic E-state index is -0.610. The number of benzene rings is 1. The molecule has 0 radical (unpaired) electrons. The van der Waals surface area contributed by atoms with E-state index in [2.05, 4.69) is 22.6 Å². The molecule has 0 aliphatic rings. The molecule has 4 heteroatoms. The summed E-state index contributed by atoms with van der Waals surface area (Å²) in [7, 11) is 1.91. The SMILES string of the molecule is CCN(C)C(C)(I)C(=O)OCc1ccccc1. The summed E-state index contributed by atoms with van der Waals surface area (Å²) in [6.45, 7) is 5.02. The van der Waals surface area contributed by atoms with Crippen molar-refractivity contribution in [3.8, 4) is 0 Å². The second-order valence-electron chi connectivity index (χ2n) is 4.03. The minimum Gasteiger partial charge on any atom is -0.459 e. The van der Waals surface area contributed by atoms with Gasteiger partial charge in [-0.2, -0.15) is 0 Å². The number of hydrogen-bond acceptors (Lipinski definition) is 3. The number of likely N-dealkylation sites (N-methyl/N-ethyl adjacent to an activating group) is 1. The van der Waals surface area contributed by atoms with E-state index in [1.165, 1.54) is 0 Å². The van der Waals surface area contributed by atoms with E-state index < -0.39 is 3.55 Å². The third kappa shape index (κ3) is 3.96. The van der Waals surface area contributed by atoms with Gasteiger partial charge in [0.05, 0.1) is 0 Å². The second-order valence-corrected chi connectivity index (χ2v) is 6.13. The topological polar surface area (TPSA) is 29.5 Å². The van der Waals surface area contributed by atoms with E-state index in [1.54, 1.807) is 0 Å². The van der Waals surface area contributed by atoms with Crippen molar-refractivity contribution in [2.75, 3.05) is 13.6 Å². The Bertz CT molecular complexity index is 365. The van der Waals surface area contributed by atoms with E-state index in [1.807, 2.05) is 56.1 Å². The van der Waals surface area contributed by atoms with Gasteiger partial charge in [0.2, 0.25) is 0 Å². The van der Waals surface area contributed by atoms with E-state index in [0.717, 1.165) is 12.1 Å². The molecule has 0 spiro atoms. The van der Waals surface area contributed by atoms with Gasteiger partial charge in [-0.15, -0.1) is 0 Å². The van der Waals surface area contributed by atoms with Gasteiger partial charge in [-0.05, 0) is 48.7 Å². The molecular weight excluding hydrogens is 329 g/mol. The van der Waals surface area contributed by atoms with Crippen molar-refractivity contribution >= 4 is 28.6 Å². The standard InChI is InChI=1S/C13H18INO2/c1-4-15(3)13(2,14)12(16)17-10-11-8-6-5-7-9-11/h5-9H,4,10H2,1-3H3. The third-order valence-corrected chi connectivity index (χ3v) is 4.04. The first-order valence-corrected chi connectivity index (χ1v) is 6.67. The zero-order chi connectivity index (χ0) is 12.9. The van der Waals surface area contributed by atoms with Gasteiger partial charge in [0.15, 0.2) is 3.55 Å². The van der Waals surface area contributed by atoms with Gasteiger partial charge < -0.3 is 4.74 Å². The summed E-state index contributed by atoms with van der Waals surface area (Å²) in [6.07, 6.45) is 0. The monoisotopic (exact) mass is 347 g/mol. The first-order chi connectivity index (χ1) is 7.98. The molecule has 3 nitrogen and oxygen atoms in total. The lowest BCUT2D eigenvalue weighted by Crippen LogP contribution is -2.45. The third-order valence-electron chi connectivity index (χ3n) is 2.78. The maximum atomic E-state index is 12.0. The number of carbonyl (C=O) groups excluding carboxylic acids is 1. The van der Waals surface area contributed by atoms with E-state index in [4.69, 9.17) is 4.74 Å². The van der Waals surface area contributed by atoms with Gasteiger partial charge in [-0.1, -0.05) is 37.3 Å². The molecule has 1 unspecified atom stereocenters. The van der Waals surface area contributed by atoms with Crippen molar-refractivity contribution in [2.45, 2.75) is 24.0 Å². The lowest BCUT2D eigenvalue weighted by atomic mass is 10.2. The summed E-state index contributed by atoms with van der Waals surface area (Å²) in [5.41, 5.74) is 1.01. The highest BCUT2D eigenvalue weighted by Gasteiger charge is 2.35. The molecule has 1 aromatic carbocycles. The van der Waals surface area contributed by atoms with Gasteiger partial charge in [0.25, 0.3) is 0 Å². The molecule has 1 rings (SSSR count). The van der Waals surface area contributed by atoms with E-state index in [-0.39, 0.29) is 5.97 Å². The van der Waals surface area contributed by atoms with Crippen LogP contribution in [0.15, 0.2) is 30.3 Å². The molecule has 0 aliphatic carbocycles. The predicted molar refractivity (Wildman–Crippen MR) is 77.0 cm³/mol. The van der Waals surface area contributed by atoms with Gasteiger partial charge in [-0.3, -0.25) is 4.90 Å². The lowest BCUT2D eigenvalue weighted by Gasteiger charge is -2.30. The molecular formula is C13H18INO2. The number of carbonyl (C=O) groups is 1. The van der Waals surface area contributed by atoms with Gasteiger partial charge in [-0.25, -0.2) is 4.79 Å². The van der Waals surface area contributed by atoms with Crippen LogP contribution in [0, 0.1) is 0 Å². The Morgan fingerprint density at radius 1 is 1.41 bits per heavy atom. The van der Waals surface area contributed by atoms with Crippen molar-refractivity contribution in [1.29, 1.82) is 0 Å². The van der Waals surface area contributed by atoms with Crippen molar-refractivity contribution in [3.05, 3.63) is 35.9 Å². The highest BCUT2D eigenvalue weighted by Crippen LogP contribution is 2.24. The Labute approximate surface area is 116 Å². The zero-order valence-corrected chi connectivity index (χ0v) is 12.6. The smallest absolute Gasteiger partial charge is 0.336 e. The molecule has 0 saturated heterocycles. The Morgan fingerprint density at radius 2 is 2.00 bits per heavy atom. The fourth-order valence-electron chi connectivity index (χ4n) is 1.31. The molecule has 94 valence electrons. The molecule has 0 bridgehead atoms. The van der Waals surface area contributed by atoms with Crippen LogP contribution in [0.5, 0.6) is 0 Å². The molecule has 0 aromatic heterocycles. The van der Waals surface area contributed by atoms with Crippen LogP contribution in [-0.4, -0.2) is 28.0 Å². The number of hydrogen-bond donors (Lipinski definition) is 0. The first-order valence-electron chi connectivity index (χ1n) is 5.59. The Balaban J connectivity index is 2.55. The molecule has 1 aromatic rings. The van der Waals surface area contributed by atoms with Crippen molar-refractivity contribution in [1.82, 2.24) is 4.90 Å². The maximum Gasteiger partial charge on any atom is 0.336 e. The number of halogens is 1. The number of nitrogens with zero attached hydrogens (tertiary/aromatic N) is 1. The second kappa shape index (κ2) is 6.35. The molecule has 0 heterocycles. The lowest BCUT2D eigenvalue weighted by molar-refractivity contribution is -0.151. The highest BCUT2D eigenvalue weighted by atomic mass is 127. The fourth-order valence-corrected chi connectivity index (χ4v) is 1.80. The Morgan fingerprint density at radius 3 is 2.53 bits per heavy atom. The largest absolute Gasteiger partial charge is 0.459 e. The number of alkyl halides is 1. The van der Waals surface area contributed by atoms with Gasteiger partial charge in [0, 0.05) is 0 Å². The Kier molecular flexibility index (Phi) is 5.39. The molecule has 0 aliphatic heterocycles. The summed E-state index contributed by atoms with van der Waals surface area (Å²) in [5, 5.41) is 0. The average Bonchev–Trinajstić information content (AvgIpc) is 2.35. The van der Waals surface area contributed by atoms with Crippen molar-refractivity contribution in [2.24, 2.45) is 0 Å². The molecule has 17 heavy (non-hydrogen) atoms. The molecule has 0 amide bonds. The number of ether oxygens (including phenoxy) is 1. The van der Waals surface area contributed by atoms with Crippen molar-refractivity contribution < 1.29 is 9.53 Å². The van der Waals surface area contributed by atoms with Crippen LogP contribution < -0.4 is 0 Å². The Hall–Kier alpha value is -0.620. The average molecular weight is 347 g/mol. The van der Waals surface area contributed by atoms with E-state index >= 15 is 0 Å². The number of esters is 1. The van der Waals surface area contributed by atoms with Crippen LogP contribution >= 0.6 is 22.6 Å². The molecule has 0 saturated carbocycles. The normalized spacial score (nSPS) is 14.4. The van der Waals surface area contributed by atoms with Crippen LogP contribution in [0.4, 0.5) is 0 Å². The van der Waals surface area contributed by atoms with E-state index in [9.17, 15) is 4.79 Å². The summed E-state index contributed by atoms with van der Waals surface area (Å²) in [5.74, 6) is -0.202. The van der Waals surface area contributed by atoms with Crippen LogP contribution in [0.1, 0.15) is 19.4 Å².